The fraction of sp³-hybridized carbons (Fsp3) is 0.529. The molecule has 150 valence electrons. The lowest BCUT2D eigenvalue weighted by Crippen LogP contribution is -2.35. The summed E-state index contributed by atoms with van der Waals surface area (Å²) in [5.74, 6) is -1.32. The molecule has 0 radical (unpaired) electrons. The Labute approximate surface area is 163 Å². The molecule has 1 fully saturated rings. The molecule has 0 saturated carbocycles. The molecule has 0 unspecified atom stereocenters. The molecule has 0 aromatic heterocycles. The number of methoxy groups -OCH3 is 1. The summed E-state index contributed by atoms with van der Waals surface area (Å²) in [5.41, 5.74) is 0.134. The first-order chi connectivity index (χ1) is 12.8. The van der Waals surface area contributed by atoms with Crippen molar-refractivity contribution in [2.45, 2.75) is 37.2 Å². The van der Waals surface area contributed by atoms with E-state index in [4.69, 9.17) is 16.3 Å². The number of nitrogens with zero attached hydrogens (tertiary/aromatic N) is 1. The Hall–Kier alpha value is -1.68. The van der Waals surface area contributed by atoms with E-state index in [2.05, 4.69) is 10.1 Å². The second-order valence-electron chi connectivity index (χ2n) is 6.16. The van der Waals surface area contributed by atoms with Gasteiger partial charge in [0.15, 0.2) is 6.10 Å². The Bertz CT molecular complexity index is 793. The van der Waals surface area contributed by atoms with E-state index in [1.54, 1.807) is 0 Å². The number of hydrogen-bond acceptors (Lipinski definition) is 6. The highest BCUT2D eigenvalue weighted by Crippen LogP contribution is 2.28. The topological polar surface area (TPSA) is 102 Å². The average Bonchev–Trinajstić information content (AvgIpc) is 2.64. The number of piperidine rings is 1. The Morgan fingerprint density at radius 1 is 1.26 bits per heavy atom. The summed E-state index contributed by atoms with van der Waals surface area (Å²) in [5, 5.41) is 2.68. The Morgan fingerprint density at radius 2 is 1.93 bits per heavy atom. The number of hydrogen-bond donors (Lipinski definition) is 1. The minimum Gasteiger partial charge on any atom is -0.451 e. The Balaban J connectivity index is 2.15. The highest BCUT2D eigenvalue weighted by atomic mass is 35.5. The molecule has 8 nitrogen and oxygen atoms in total. The lowest BCUT2D eigenvalue weighted by Gasteiger charge is -2.26. The van der Waals surface area contributed by atoms with Crippen LogP contribution in [-0.4, -0.2) is 57.5 Å². The standard InChI is InChI=1S/C17H23ClN2O6S/c1-12(26-16(21)11-25-2)17(22)19-15-10-13(6-7-14(15)18)27(23,24)20-8-4-3-5-9-20/h6-7,10,12H,3-5,8-9,11H2,1-2H3,(H,19,22)/t12-/m0/s1. The highest BCUT2D eigenvalue weighted by Gasteiger charge is 2.27. The van der Waals surface area contributed by atoms with Crippen LogP contribution in [0.3, 0.4) is 0 Å². The maximum Gasteiger partial charge on any atom is 0.332 e. The van der Waals surface area contributed by atoms with Gasteiger partial charge in [0.25, 0.3) is 5.91 Å². The SMILES string of the molecule is COCC(=O)O[C@@H](C)C(=O)Nc1cc(S(=O)(=O)N2CCCCC2)ccc1Cl. The largest absolute Gasteiger partial charge is 0.451 e. The number of carbonyl (C=O) groups excluding carboxylic acids is 2. The van der Waals surface area contributed by atoms with E-state index in [1.165, 1.54) is 36.5 Å². The number of amides is 1. The molecule has 0 bridgehead atoms. The third-order valence-electron chi connectivity index (χ3n) is 4.09. The van der Waals surface area contributed by atoms with Gasteiger partial charge in [0, 0.05) is 20.2 Å². The van der Waals surface area contributed by atoms with Crippen LogP contribution in [0.2, 0.25) is 5.02 Å². The van der Waals surface area contributed by atoms with Crippen LogP contribution in [0.25, 0.3) is 0 Å². The van der Waals surface area contributed by atoms with Gasteiger partial charge in [0.2, 0.25) is 10.0 Å². The summed E-state index contributed by atoms with van der Waals surface area (Å²) in [7, 11) is -2.33. The normalized spacial score (nSPS) is 16.6. The number of nitrogens with one attached hydrogen (secondary N) is 1. The fourth-order valence-electron chi connectivity index (χ4n) is 2.65. The van der Waals surface area contributed by atoms with Crippen molar-refractivity contribution in [1.82, 2.24) is 4.31 Å². The van der Waals surface area contributed by atoms with Gasteiger partial charge in [-0.15, -0.1) is 0 Å². The molecule has 1 aromatic rings. The number of anilines is 1. The van der Waals surface area contributed by atoms with E-state index >= 15 is 0 Å². The maximum atomic E-state index is 12.8. The van der Waals surface area contributed by atoms with Gasteiger partial charge in [0.1, 0.15) is 6.61 Å². The predicted molar refractivity (Wildman–Crippen MR) is 100 cm³/mol. The number of sulfonamides is 1. The molecular formula is C17H23ClN2O6S. The van der Waals surface area contributed by atoms with Crippen LogP contribution in [0.5, 0.6) is 0 Å². The van der Waals surface area contributed by atoms with Gasteiger partial charge >= 0.3 is 5.97 Å². The summed E-state index contributed by atoms with van der Waals surface area (Å²) in [6.45, 7) is 2.06. The van der Waals surface area contributed by atoms with E-state index in [9.17, 15) is 18.0 Å². The molecule has 1 saturated heterocycles. The molecule has 1 aliphatic rings. The number of halogens is 1. The van der Waals surface area contributed by atoms with Crippen LogP contribution in [0, 0.1) is 0 Å². The molecule has 1 amide bonds. The molecule has 2 rings (SSSR count). The van der Waals surface area contributed by atoms with E-state index in [0.29, 0.717) is 13.1 Å². The number of carbonyl (C=O) groups is 2. The van der Waals surface area contributed by atoms with Gasteiger partial charge in [-0.2, -0.15) is 4.31 Å². The van der Waals surface area contributed by atoms with E-state index in [1.807, 2.05) is 0 Å². The first kappa shape index (κ1) is 21.6. The van der Waals surface area contributed by atoms with Crippen molar-refractivity contribution in [3.63, 3.8) is 0 Å². The second-order valence-corrected chi connectivity index (χ2v) is 8.51. The molecule has 1 atom stereocenters. The Kier molecular flexibility index (Phi) is 7.60. The number of ether oxygens (including phenoxy) is 2. The van der Waals surface area contributed by atoms with Gasteiger partial charge in [-0.05, 0) is 38.0 Å². The first-order valence-electron chi connectivity index (χ1n) is 8.54. The molecule has 0 spiro atoms. The molecule has 1 heterocycles. The monoisotopic (exact) mass is 418 g/mol. The molecule has 10 heteroatoms. The third kappa shape index (κ3) is 5.65. The van der Waals surface area contributed by atoms with Crippen molar-refractivity contribution in [1.29, 1.82) is 0 Å². The molecule has 0 aliphatic carbocycles. The molecular weight excluding hydrogens is 396 g/mol. The number of benzene rings is 1. The van der Waals surface area contributed by atoms with E-state index in [-0.39, 0.29) is 22.2 Å². The van der Waals surface area contributed by atoms with Gasteiger partial charge < -0.3 is 14.8 Å². The van der Waals surface area contributed by atoms with Crippen LogP contribution in [0.15, 0.2) is 23.1 Å². The van der Waals surface area contributed by atoms with E-state index in [0.717, 1.165) is 19.3 Å². The van der Waals surface area contributed by atoms with Crippen LogP contribution in [-0.2, 0) is 29.1 Å². The van der Waals surface area contributed by atoms with Gasteiger partial charge in [-0.25, -0.2) is 13.2 Å². The second kappa shape index (κ2) is 9.50. The predicted octanol–water partition coefficient (Wildman–Crippen LogP) is 2.03. The zero-order valence-corrected chi connectivity index (χ0v) is 16.8. The minimum absolute atomic E-state index is 0.0492. The maximum absolute atomic E-state index is 12.8. The molecule has 27 heavy (non-hydrogen) atoms. The summed E-state index contributed by atoms with van der Waals surface area (Å²) in [4.78, 5) is 23.7. The van der Waals surface area contributed by atoms with E-state index < -0.39 is 28.0 Å². The van der Waals surface area contributed by atoms with Crippen LogP contribution < -0.4 is 5.32 Å². The lowest BCUT2D eigenvalue weighted by atomic mass is 10.2. The fourth-order valence-corrected chi connectivity index (χ4v) is 4.36. The zero-order valence-electron chi connectivity index (χ0n) is 15.2. The van der Waals surface area contributed by atoms with Crippen LogP contribution in [0.1, 0.15) is 26.2 Å². The summed E-state index contributed by atoms with van der Waals surface area (Å²) in [6.07, 6.45) is 1.56. The Morgan fingerprint density at radius 3 is 2.56 bits per heavy atom. The van der Waals surface area contributed by atoms with Crippen molar-refractivity contribution in [3.8, 4) is 0 Å². The van der Waals surface area contributed by atoms with Crippen molar-refractivity contribution in [2.75, 3.05) is 32.1 Å². The number of rotatable bonds is 7. The quantitative estimate of drug-likeness (QED) is 0.680. The number of esters is 1. The lowest BCUT2D eigenvalue weighted by molar-refractivity contribution is -0.156. The average molecular weight is 419 g/mol. The smallest absolute Gasteiger partial charge is 0.332 e. The molecule has 1 N–H and O–H groups in total. The summed E-state index contributed by atoms with van der Waals surface area (Å²) < 4.78 is 36.5. The van der Waals surface area contributed by atoms with Crippen LogP contribution in [0.4, 0.5) is 5.69 Å². The van der Waals surface area contributed by atoms with Crippen molar-refractivity contribution in [2.24, 2.45) is 0 Å². The van der Waals surface area contributed by atoms with Gasteiger partial charge in [-0.1, -0.05) is 18.0 Å². The highest BCUT2D eigenvalue weighted by molar-refractivity contribution is 7.89. The van der Waals surface area contributed by atoms with Gasteiger partial charge in [0.05, 0.1) is 15.6 Å². The minimum atomic E-state index is -3.66. The molecule has 1 aromatic carbocycles. The van der Waals surface area contributed by atoms with Crippen molar-refractivity contribution >= 4 is 39.2 Å². The van der Waals surface area contributed by atoms with Crippen molar-refractivity contribution in [3.05, 3.63) is 23.2 Å². The van der Waals surface area contributed by atoms with Gasteiger partial charge in [-0.3, -0.25) is 4.79 Å². The molecule has 1 aliphatic heterocycles. The zero-order chi connectivity index (χ0) is 20.0. The summed E-state index contributed by atoms with van der Waals surface area (Å²) in [6, 6.07) is 4.13. The summed E-state index contributed by atoms with van der Waals surface area (Å²) >= 11 is 6.09. The van der Waals surface area contributed by atoms with Crippen LogP contribution >= 0.6 is 11.6 Å². The third-order valence-corrected chi connectivity index (χ3v) is 6.31. The van der Waals surface area contributed by atoms with Crippen molar-refractivity contribution < 1.29 is 27.5 Å². The first-order valence-corrected chi connectivity index (χ1v) is 10.4.